The highest BCUT2D eigenvalue weighted by Gasteiger charge is 2.04. The van der Waals surface area contributed by atoms with Crippen LogP contribution in [0, 0.1) is 12.3 Å². The summed E-state index contributed by atoms with van der Waals surface area (Å²) in [6.07, 6.45) is 4.31. The minimum atomic E-state index is -0.806. The van der Waals surface area contributed by atoms with Gasteiger partial charge in [-0.15, -0.1) is 6.42 Å². The minimum absolute atomic E-state index is 0.758. The molecule has 0 aliphatic heterocycles. The van der Waals surface area contributed by atoms with Crippen LogP contribution in [0.1, 0.15) is 11.7 Å². The van der Waals surface area contributed by atoms with Crippen molar-refractivity contribution < 1.29 is 5.11 Å². The van der Waals surface area contributed by atoms with Crippen LogP contribution in [0.15, 0.2) is 24.3 Å². The molecule has 1 aromatic rings. The largest absolute Gasteiger partial charge is 0.378 e. The molecule has 2 nitrogen and oxygen atoms in total. The summed E-state index contributed by atoms with van der Waals surface area (Å²) in [6, 6.07) is 7.54. The van der Waals surface area contributed by atoms with Gasteiger partial charge in [0, 0.05) is 19.8 Å². The van der Waals surface area contributed by atoms with Crippen LogP contribution < -0.4 is 4.90 Å². The summed E-state index contributed by atoms with van der Waals surface area (Å²) in [7, 11) is 3.89. The lowest BCUT2D eigenvalue weighted by atomic mass is 10.1. The average molecular weight is 175 g/mol. The highest BCUT2D eigenvalue weighted by molar-refractivity contribution is 5.48. The van der Waals surface area contributed by atoms with Crippen LogP contribution in [0.5, 0.6) is 0 Å². The fraction of sp³-hybridized carbons (Fsp3) is 0.273. The molecule has 0 aliphatic rings. The monoisotopic (exact) mass is 175 g/mol. The molecule has 0 radical (unpaired) electrons. The molecule has 2 heteroatoms. The Bertz CT molecular complexity index is 325. The van der Waals surface area contributed by atoms with Crippen LogP contribution in [-0.2, 0) is 0 Å². The first-order valence-corrected chi connectivity index (χ1v) is 4.06. The van der Waals surface area contributed by atoms with E-state index in [0.717, 1.165) is 11.3 Å². The summed E-state index contributed by atoms with van der Waals surface area (Å²) in [6.45, 7) is 0. The summed E-state index contributed by atoms with van der Waals surface area (Å²) in [4.78, 5) is 1.97. The quantitative estimate of drug-likeness (QED) is 0.687. The van der Waals surface area contributed by atoms with E-state index in [9.17, 15) is 5.11 Å². The normalized spacial score (nSPS) is 11.8. The van der Waals surface area contributed by atoms with Crippen molar-refractivity contribution in [2.75, 3.05) is 19.0 Å². The van der Waals surface area contributed by atoms with Gasteiger partial charge in [0.2, 0.25) is 0 Å². The van der Waals surface area contributed by atoms with Gasteiger partial charge in [-0.25, -0.2) is 0 Å². The summed E-state index contributed by atoms with van der Waals surface area (Å²) < 4.78 is 0. The first-order valence-electron chi connectivity index (χ1n) is 4.06. The predicted molar refractivity (Wildman–Crippen MR) is 54.6 cm³/mol. The van der Waals surface area contributed by atoms with Crippen LogP contribution in [0.2, 0.25) is 0 Å². The Morgan fingerprint density at radius 2 is 2.15 bits per heavy atom. The number of hydrogen-bond donors (Lipinski definition) is 1. The zero-order chi connectivity index (χ0) is 9.84. The summed E-state index contributed by atoms with van der Waals surface area (Å²) in [5.74, 6) is 2.28. The molecule has 0 amide bonds. The van der Waals surface area contributed by atoms with Crippen molar-refractivity contribution in [2.45, 2.75) is 6.10 Å². The van der Waals surface area contributed by atoms with Crippen LogP contribution in [0.25, 0.3) is 0 Å². The topological polar surface area (TPSA) is 23.5 Å². The number of aliphatic hydroxyl groups excluding tert-OH is 1. The Morgan fingerprint density at radius 3 is 2.69 bits per heavy atom. The van der Waals surface area contributed by atoms with Gasteiger partial charge in [-0.1, -0.05) is 18.1 Å². The van der Waals surface area contributed by atoms with E-state index in [1.165, 1.54) is 0 Å². The Hall–Kier alpha value is -1.46. The molecule has 0 fully saturated rings. The maximum Gasteiger partial charge on any atom is 0.140 e. The standard InChI is InChI=1S/C11H13NO/c1-4-11(13)9-6-5-7-10(8-9)12(2)3/h1,5-8,11,13H,2-3H3. The lowest BCUT2D eigenvalue weighted by Gasteiger charge is -2.14. The molecule has 1 aromatic carbocycles. The number of hydrogen-bond acceptors (Lipinski definition) is 2. The van der Waals surface area contributed by atoms with Crippen LogP contribution in [0.3, 0.4) is 0 Å². The summed E-state index contributed by atoms with van der Waals surface area (Å²) >= 11 is 0. The van der Waals surface area contributed by atoms with Gasteiger partial charge in [-0.2, -0.15) is 0 Å². The molecule has 0 aromatic heterocycles. The molecule has 1 rings (SSSR count). The van der Waals surface area contributed by atoms with Crippen molar-refractivity contribution in [3.8, 4) is 12.3 Å². The molecule has 13 heavy (non-hydrogen) atoms. The summed E-state index contributed by atoms with van der Waals surface area (Å²) in [5.41, 5.74) is 1.79. The van der Waals surface area contributed by atoms with Crippen molar-refractivity contribution in [3.63, 3.8) is 0 Å². The Balaban J connectivity index is 3.00. The van der Waals surface area contributed by atoms with E-state index >= 15 is 0 Å². The smallest absolute Gasteiger partial charge is 0.140 e. The molecule has 0 spiro atoms. The number of aliphatic hydroxyl groups is 1. The second-order valence-corrected chi connectivity index (χ2v) is 3.06. The lowest BCUT2D eigenvalue weighted by molar-refractivity contribution is 0.238. The number of rotatable bonds is 2. The zero-order valence-corrected chi connectivity index (χ0v) is 7.86. The molecule has 0 saturated heterocycles. The van der Waals surface area contributed by atoms with Gasteiger partial charge >= 0.3 is 0 Å². The maximum absolute atomic E-state index is 9.38. The molecule has 0 aliphatic carbocycles. The van der Waals surface area contributed by atoms with Crippen LogP contribution in [0.4, 0.5) is 5.69 Å². The van der Waals surface area contributed by atoms with Gasteiger partial charge in [0.15, 0.2) is 0 Å². The van der Waals surface area contributed by atoms with E-state index in [0.29, 0.717) is 0 Å². The Labute approximate surface area is 78.8 Å². The first kappa shape index (κ1) is 9.63. The first-order chi connectivity index (χ1) is 6.15. The van der Waals surface area contributed by atoms with Gasteiger partial charge in [0.25, 0.3) is 0 Å². The van der Waals surface area contributed by atoms with Crippen molar-refractivity contribution in [2.24, 2.45) is 0 Å². The molecule has 0 heterocycles. The molecule has 1 N–H and O–H groups in total. The van der Waals surface area contributed by atoms with Crippen molar-refractivity contribution in [3.05, 3.63) is 29.8 Å². The molecule has 68 valence electrons. The molecular weight excluding hydrogens is 162 g/mol. The third kappa shape index (κ3) is 2.24. The average Bonchev–Trinajstić information content (AvgIpc) is 2.17. The van der Waals surface area contributed by atoms with Gasteiger partial charge in [-0.05, 0) is 17.7 Å². The highest BCUT2D eigenvalue weighted by Crippen LogP contribution is 2.18. The Morgan fingerprint density at radius 1 is 1.46 bits per heavy atom. The van der Waals surface area contributed by atoms with Crippen molar-refractivity contribution in [1.82, 2.24) is 0 Å². The third-order valence-electron chi connectivity index (χ3n) is 1.86. The second-order valence-electron chi connectivity index (χ2n) is 3.06. The van der Waals surface area contributed by atoms with E-state index in [-0.39, 0.29) is 0 Å². The second kappa shape index (κ2) is 3.97. The summed E-state index contributed by atoms with van der Waals surface area (Å²) in [5, 5.41) is 9.38. The van der Waals surface area contributed by atoms with E-state index in [1.54, 1.807) is 0 Å². The highest BCUT2D eigenvalue weighted by atomic mass is 16.3. The van der Waals surface area contributed by atoms with E-state index in [4.69, 9.17) is 6.42 Å². The van der Waals surface area contributed by atoms with Crippen molar-refractivity contribution >= 4 is 5.69 Å². The predicted octanol–water partition coefficient (Wildman–Crippen LogP) is 1.42. The lowest BCUT2D eigenvalue weighted by Crippen LogP contribution is -2.09. The zero-order valence-electron chi connectivity index (χ0n) is 7.86. The van der Waals surface area contributed by atoms with Gasteiger partial charge in [-0.3, -0.25) is 0 Å². The maximum atomic E-state index is 9.38. The fourth-order valence-electron chi connectivity index (χ4n) is 1.07. The molecule has 1 atom stereocenters. The number of benzene rings is 1. The Kier molecular flexibility index (Phi) is 2.94. The van der Waals surface area contributed by atoms with E-state index in [1.807, 2.05) is 43.3 Å². The molecule has 1 unspecified atom stereocenters. The van der Waals surface area contributed by atoms with Gasteiger partial charge in [0.1, 0.15) is 6.10 Å². The van der Waals surface area contributed by atoms with Crippen LogP contribution >= 0.6 is 0 Å². The molecular formula is C11H13NO. The minimum Gasteiger partial charge on any atom is -0.378 e. The molecule has 0 bridgehead atoms. The van der Waals surface area contributed by atoms with Gasteiger partial charge in [0.05, 0.1) is 0 Å². The fourth-order valence-corrected chi connectivity index (χ4v) is 1.07. The SMILES string of the molecule is C#CC(O)c1cccc(N(C)C)c1. The number of terminal acetylenes is 1. The third-order valence-corrected chi connectivity index (χ3v) is 1.86. The molecule has 0 saturated carbocycles. The van der Waals surface area contributed by atoms with Crippen molar-refractivity contribution in [1.29, 1.82) is 0 Å². The number of anilines is 1. The number of nitrogens with zero attached hydrogens (tertiary/aromatic N) is 1. The van der Waals surface area contributed by atoms with Gasteiger partial charge < -0.3 is 10.0 Å². The van der Waals surface area contributed by atoms with E-state index < -0.39 is 6.10 Å². The van der Waals surface area contributed by atoms with Crippen LogP contribution in [-0.4, -0.2) is 19.2 Å². The van der Waals surface area contributed by atoms with E-state index in [2.05, 4.69) is 5.92 Å².